The fraction of sp³-hybridized carbons (Fsp3) is 0.333. The molecule has 0 unspecified atom stereocenters. The van der Waals surface area contributed by atoms with Crippen molar-refractivity contribution in [1.82, 2.24) is 0 Å². The van der Waals surface area contributed by atoms with Gasteiger partial charge < -0.3 is 4.43 Å². The normalized spacial score (nSPS) is 12.7. The van der Waals surface area contributed by atoms with Crippen LogP contribution in [0.3, 0.4) is 0 Å². The van der Waals surface area contributed by atoms with E-state index in [1.165, 1.54) is 4.90 Å². The van der Waals surface area contributed by atoms with Gasteiger partial charge in [0.15, 0.2) is 0 Å². The average molecular weight is 238 g/mol. The third-order valence-electron chi connectivity index (χ3n) is 1.60. The van der Waals surface area contributed by atoms with E-state index >= 15 is 0 Å². The number of thioether (sulfide) groups is 1. The zero-order chi connectivity index (χ0) is 11.3. The van der Waals surface area contributed by atoms with Gasteiger partial charge in [-0.15, -0.1) is 0 Å². The highest BCUT2D eigenvalue weighted by molar-refractivity contribution is 8.03. The van der Waals surface area contributed by atoms with Crippen molar-refractivity contribution in [2.75, 3.05) is 0 Å². The number of hydrogen-bond donors (Lipinski definition) is 0. The second kappa shape index (κ2) is 5.42. The molecule has 0 N–H and O–H groups in total. The minimum Gasteiger partial charge on any atom is -0.540 e. The van der Waals surface area contributed by atoms with Gasteiger partial charge in [-0.05, 0) is 44.8 Å². The van der Waals surface area contributed by atoms with Gasteiger partial charge in [-0.1, -0.05) is 30.0 Å². The molecule has 0 aliphatic heterocycles. The summed E-state index contributed by atoms with van der Waals surface area (Å²) in [5, 5.41) is 1.01. The summed E-state index contributed by atoms with van der Waals surface area (Å²) < 4.78 is 5.95. The van der Waals surface area contributed by atoms with Gasteiger partial charge in [0.1, 0.15) is 5.09 Å². The highest BCUT2D eigenvalue weighted by Gasteiger charge is 2.17. The summed E-state index contributed by atoms with van der Waals surface area (Å²) in [5.41, 5.74) is 0. The lowest BCUT2D eigenvalue weighted by molar-refractivity contribution is 0.463. The maximum Gasteiger partial charge on any atom is 0.242 e. The predicted octanol–water partition coefficient (Wildman–Crippen LogP) is 4.49. The lowest BCUT2D eigenvalue weighted by Gasteiger charge is -2.21. The first-order chi connectivity index (χ1) is 7.01. The largest absolute Gasteiger partial charge is 0.540 e. The van der Waals surface area contributed by atoms with Crippen molar-refractivity contribution in [2.24, 2.45) is 0 Å². The monoisotopic (exact) mass is 238 g/mol. The molecule has 3 heteroatoms. The van der Waals surface area contributed by atoms with Crippen LogP contribution in [0.25, 0.3) is 0 Å². The van der Waals surface area contributed by atoms with E-state index in [-0.39, 0.29) is 0 Å². The molecule has 0 aromatic heterocycles. The Hall–Kier alpha value is -0.673. The molecular weight excluding hydrogens is 220 g/mol. The van der Waals surface area contributed by atoms with Crippen LogP contribution in [0.15, 0.2) is 46.4 Å². The quantitative estimate of drug-likeness (QED) is 0.434. The third kappa shape index (κ3) is 5.09. The molecular formula is C12H18OSSi. The van der Waals surface area contributed by atoms with Gasteiger partial charge in [-0.3, -0.25) is 0 Å². The second-order valence-electron chi connectivity index (χ2n) is 4.24. The zero-order valence-electron chi connectivity index (χ0n) is 9.78. The summed E-state index contributed by atoms with van der Waals surface area (Å²) >= 11 is 1.69. The van der Waals surface area contributed by atoms with Crippen LogP contribution in [-0.2, 0) is 4.43 Å². The Kier molecular flexibility index (Phi) is 4.48. The summed E-state index contributed by atoms with van der Waals surface area (Å²) in [6, 6.07) is 10.3. The van der Waals surface area contributed by atoms with Crippen LogP contribution < -0.4 is 0 Å². The molecule has 0 amide bonds. The van der Waals surface area contributed by atoms with Crippen molar-refractivity contribution < 1.29 is 4.43 Å². The van der Waals surface area contributed by atoms with Crippen LogP contribution in [0.4, 0.5) is 0 Å². The molecule has 0 fully saturated rings. The van der Waals surface area contributed by atoms with Gasteiger partial charge in [-0.2, -0.15) is 0 Å². The van der Waals surface area contributed by atoms with E-state index in [0.717, 1.165) is 5.09 Å². The maximum atomic E-state index is 5.95. The zero-order valence-corrected chi connectivity index (χ0v) is 11.6. The molecule has 1 aromatic carbocycles. The summed E-state index contributed by atoms with van der Waals surface area (Å²) in [6.45, 7) is 8.61. The van der Waals surface area contributed by atoms with E-state index in [0.29, 0.717) is 0 Å². The molecule has 1 aromatic rings. The Labute approximate surface area is 97.7 Å². The molecule has 0 aliphatic rings. The van der Waals surface area contributed by atoms with Crippen molar-refractivity contribution in [3.63, 3.8) is 0 Å². The number of rotatable bonds is 4. The summed E-state index contributed by atoms with van der Waals surface area (Å²) in [7, 11) is -1.48. The summed E-state index contributed by atoms with van der Waals surface area (Å²) in [6.07, 6.45) is 2.04. The van der Waals surface area contributed by atoms with Gasteiger partial charge in [0, 0.05) is 4.90 Å². The van der Waals surface area contributed by atoms with Gasteiger partial charge in [0.25, 0.3) is 0 Å². The van der Waals surface area contributed by atoms with Crippen LogP contribution in [0, 0.1) is 0 Å². The highest BCUT2D eigenvalue weighted by Crippen LogP contribution is 2.29. The minimum atomic E-state index is -1.48. The second-order valence-corrected chi connectivity index (χ2v) is 9.74. The molecule has 0 spiro atoms. The molecule has 0 saturated carbocycles. The van der Waals surface area contributed by atoms with E-state index < -0.39 is 8.32 Å². The van der Waals surface area contributed by atoms with Crippen LogP contribution in [0.1, 0.15) is 6.92 Å². The lowest BCUT2D eigenvalue weighted by atomic mass is 10.4. The topological polar surface area (TPSA) is 9.23 Å². The Morgan fingerprint density at radius 1 is 1.20 bits per heavy atom. The Bertz CT molecular complexity index is 327. The molecule has 1 nitrogen and oxygen atoms in total. The van der Waals surface area contributed by atoms with Crippen LogP contribution in [0.2, 0.25) is 19.6 Å². The average Bonchev–Trinajstić information content (AvgIpc) is 2.16. The van der Waals surface area contributed by atoms with Crippen molar-refractivity contribution >= 4 is 20.1 Å². The first-order valence-corrected chi connectivity index (χ1v) is 9.32. The smallest absolute Gasteiger partial charge is 0.242 e. The molecule has 0 atom stereocenters. The van der Waals surface area contributed by atoms with Gasteiger partial charge in [0.05, 0.1) is 0 Å². The fourth-order valence-corrected chi connectivity index (χ4v) is 3.33. The Balaban J connectivity index is 2.64. The molecule has 0 saturated heterocycles. The molecule has 0 radical (unpaired) electrons. The van der Waals surface area contributed by atoms with E-state index in [1.807, 2.05) is 31.2 Å². The van der Waals surface area contributed by atoms with Crippen LogP contribution in [-0.4, -0.2) is 8.32 Å². The van der Waals surface area contributed by atoms with Gasteiger partial charge >= 0.3 is 0 Å². The molecule has 0 heterocycles. The number of hydrogen-bond acceptors (Lipinski definition) is 2. The predicted molar refractivity (Wildman–Crippen MR) is 70.5 cm³/mol. The third-order valence-corrected chi connectivity index (χ3v) is 3.61. The van der Waals surface area contributed by atoms with Crippen LogP contribution in [0.5, 0.6) is 0 Å². The van der Waals surface area contributed by atoms with Crippen molar-refractivity contribution in [3.8, 4) is 0 Å². The van der Waals surface area contributed by atoms with E-state index in [4.69, 9.17) is 4.43 Å². The molecule has 0 aliphatic carbocycles. The van der Waals surface area contributed by atoms with E-state index in [9.17, 15) is 0 Å². The standard InChI is InChI=1S/C12H18OSSi/c1-5-12(13-15(2,3)4)14-11-9-7-6-8-10-11/h5-10H,1-4H3. The minimum absolute atomic E-state index is 1.01. The Morgan fingerprint density at radius 3 is 2.27 bits per heavy atom. The van der Waals surface area contributed by atoms with E-state index in [2.05, 4.69) is 31.8 Å². The summed E-state index contributed by atoms with van der Waals surface area (Å²) in [4.78, 5) is 1.23. The highest BCUT2D eigenvalue weighted by atomic mass is 32.2. The fourth-order valence-electron chi connectivity index (χ4n) is 1.05. The van der Waals surface area contributed by atoms with Crippen LogP contribution >= 0.6 is 11.8 Å². The maximum absolute atomic E-state index is 5.95. The van der Waals surface area contributed by atoms with Gasteiger partial charge in [-0.25, -0.2) is 0 Å². The first-order valence-electron chi connectivity index (χ1n) is 5.09. The molecule has 82 valence electrons. The van der Waals surface area contributed by atoms with Gasteiger partial charge in [0.2, 0.25) is 8.32 Å². The van der Waals surface area contributed by atoms with E-state index in [1.54, 1.807) is 11.8 Å². The molecule has 0 bridgehead atoms. The van der Waals surface area contributed by atoms with Crippen molar-refractivity contribution in [2.45, 2.75) is 31.5 Å². The number of benzene rings is 1. The molecule has 1 rings (SSSR count). The summed E-state index contributed by atoms with van der Waals surface area (Å²) in [5.74, 6) is 0. The number of allylic oxidation sites excluding steroid dienone is 1. The van der Waals surface area contributed by atoms with Crippen molar-refractivity contribution in [3.05, 3.63) is 41.5 Å². The Morgan fingerprint density at radius 2 is 1.80 bits per heavy atom. The SMILES string of the molecule is CC=C(O[Si](C)(C)C)Sc1ccccc1. The lowest BCUT2D eigenvalue weighted by Crippen LogP contribution is -2.24. The molecule has 15 heavy (non-hydrogen) atoms. The van der Waals surface area contributed by atoms with Crippen molar-refractivity contribution in [1.29, 1.82) is 0 Å². The first kappa shape index (κ1) is 12.4.